The molecule has 10 heteroatoms. The van der Waals surface area contributed by atoms with Crippen molar-refractivity contribution in [1.82, 2.24) is 0 Å². The monoisotopic (exact) mass is 445 g/mol. The van der Waals surface area contributed by atoms with E-state index in [1.165, 1.54) is 12.0 Å². The van der Waals surface area contributed by atoms with Gasteiger partial charge in [0.25, 0.3) is 5.91 Å². The quantitative estimate of drug-likeness (QED) is 0.531. The number of amides is 1. The second kappa shape index (κ2) is 8.25. The molecule has 1 fully saturated rings. The number of rotatable bonds is 6. The van der Waals surface area contributed by atoms with Crippen molar-refractivity contribution in [3.63, 3.8) is 0 Å². The highest BCUT2D eigenvalue weighted by Crippen LogP contribution is 2.42. The van der Waals surface area contributed by atoms with E-state index < -0.39 is 12.6 Å². The number of thioether (sulfide) groups is 1. The van der Waals surface area contributed by atoms with Gasteiger partial charge in [0.2, 0.25) is 6.79 Å². The number of thiocarbonyl (C=S) groups is 1. The fourth-order valence-corrected chi connectivity index (χ4v) is 4.24. The predicted molar refractivity (Wildman–Crippen MR) is 114 cm³/mol. The van der Waals surface area contributed by atoms with Gasteiger partial charge in [0.15, 0.2) is 33.9 Å². The van der Waals surface area contributed by atoms with E-state index >= 15 is 0 Å². The molecule has 1 saturated heterocycles. The van der Waals surface area contributed by atoms with E-state index in [1.807, 2.05) is 0 Å². The fourth-order valence-electron chi connectivity index (χ4n) is 2.95. The number of aliphatic carboxylic acids is 1. The lowest BCUT2D eigenvalue weighted by Crippen LogP contribution is -2.27. The maximum Gasteiger partial charge on any atom is 0.341 e. The molecule has 4 rings (SSSR count). The molecule has 0 aliphatic carbocycles. The highest BCUT2D eigenvalue weighted by Gasteiger charge is 2.34. The molecule has 0 spiro atoms. The molecule has 2 aromatic carbocycles. The number of methoxy groups -OCH3 is 1. The van der Waals surface area contributed by atoms with E-state index in [4.69, 9.17) is 36.3 Å². The molecule has 2 heterocycles. The Morgan fingerprint density at radius 3 is 2.87 bits per heavy atom. The molecule has 2 aromatic rings. The molecule has 8 nitrogen and oxygen atoms in total. The molecule has 0 unspecified atom stereocenters. The van der Waals surface area contributed by atoms with E-state index in [-0.39, 0.29) is 18.4 Å². The number of nitrogens with zero attached hydrogens (tertiary/aromatic N) is 1. The fraction of sp³-hybridized carbons (Fsp3) is 0.150. The van der Waals surface area contributed by atoms with Gasteiger partial charge in [-0.25, -0.2) is 4.79 Å². The molecule has 1 N–H and O–H groups in total. The number of hydrogen-bond donors (Lipinski definition) is 1. The molecule has 0 saturated carbocycles. The van der Waals surface area contributed by atoms with Crippen molar-refractivity contribution in [3.05, 3.63) is 46.9 Å². The third-order valence-electron chi connectivity index (χ3n) is 4.26. The first-order chi connectivity index (χ1) is 14.5. The van der Waals surface area contributed by atoms with Crippen LogP contribution in [0.25, 0.3) is 6.08 Å². The normalized spacial score (nSPS) is 16.3. The molecule has 2 aliphatic heterocycles. The second-order valence-electron chi connectivity index (χ2n) is 6.12. The molecular formula is C20H15NO7S2. The average Bonchev–Trinajstić information content (AvgIpc) is 3.30. The minimum atomic E-state index is -1.12. The molecule has 0 aromatic heterocycles. The zero-order valence-electron chi connectivity index (χ0n) is 15.6. The van der Waals surface area contributed by atoms with E-state index in [9.17, 15) is 9.59 Å². The van der Waals surface area contributed by atoms with Crippen LogP contribution in [0, 0.1) is 0 Å². The number of hydrogen-bond acceptors (Lipinski definition) is 8. The van der Waals surface area contributed by atoms with Crippen LogP contribution < -0.4 is 23.8 Å². The largest absolute Gasteiger partial charge is 0.493 e. The first kappa shape index (κ1) is 20.0. The summed E-state index contributed by atoms with van der Waals surface area (Å²) in [7, 11) is 1.45. The summed E-state index contributed by atoms with van der Waals surface area (Å²) >= 11 is 6.54. The summed E-state index contributed by atoms with van der Waals surface area (Å²) in [4.78, 5) is 25.8. The number of fused-ring (bicyclic) bond motifs is 1. The van der Waals surface area contributed by atoms with E-state index in [1.54, 1.807) is 42.5 Å². The summed E-state index contributed by atoms with van der Waals surface area (Å²) in [5.41, 5.74) is 1.07. The smallest absolute Gasteiger partial charge is 0.341 e. The maximum atomic E-state index is 13.1. The third kappa shape index (κ3) is 3.79. The van der Waals surface area contributed by atoms with Crippen molar-refractivity contribution < 1.29 is 33.6 Å². The highest BCUT2D eigenvalue weighted by molar-refractivity contribution is 8.27. The SMILES string of the molecule is COc1cccc(/C=C2/SC(=S)N(c3ccc4c(c3)OCO4)C2=O)c1OCC(=O)O. The Balaban J connectivity index is 1.66. The minimum Gasteiger partial charge on any atom is -0.493 e. The standard InChI is InChI=1S/C20H15NO7S2/c1-25-14-4-2-3-11(18(14)26-9-17(22)23)7-16-19(24)21(20(29)30-16)12-5-6-13-15(8-12)28-10-27-13/h2-8H,9-10H2,1H3,(H,22,23)/b16-7+. The Hall–Kier alpha value is -3.24. The van der Waals surface area contributed by atoms with Crippen LogP contribution in [0.1, 0.15) is 5.56 Å². The Kier molecular flexibility index (Phi) is 5.51. The van der Waals surface area contributed by atoms with Crippen LogP contribution in [-0.4, -0.2) is 41.8 Å². The molecular weight excluding hydrogens is 430 g/mol. The van der Waals surface area contributed by atoms with Crippen molar-refractivity contribution in [2.24, 2.45) is 0 Å². The molecule has 154 valence electrons. The van der Waals surface area contributed by atoms with Crippen molar-refractivity contribution in [1.29, 1.82) is 0 Å². The van der Waals surface area contributed by atoms with Crippen molar-refractivity contribution in [3.8, 4) is 23.0 Å². The molecule has 0 radical (unpaired) electrons. The van der Waals surface area contributed by atoms with Crippen molar-refractivity contribution >= 4 is 51.9 Å². The van der Waals surface area contributed by atoms with Crippen LogP contribution in [0.5, 0.6) is 23.0 Å². The summed E-state index contributed by atoms with van der Waals surface area (Å²) in [6.07, 6.45) is 1.60. The van der Waals surface area contributed by atoms with Gasteiger partial charge in [-0.05, 0) is 24.3 Å². The predicted octanol–water partition coefficient (Wildman–Crippen LogP) is 3.29. The summed E-state index contributed by atoms with van der Waals surface area (Å²) in [5, 5.41) is 8.94. The lowest BCUT2D eigenvalue weighted by Gasteiger charge is -2.15. The average molecular weight is 445 g/mol. The zero-order chi connectivity index (χ0) is 21.3. The van der Waals surface area contributed by atoms with Crippen molar-refractivity contribution in [2.45, 2.75) is 0 Å². The number of anilines is 1. The van der Waals surface area contributed by atoms with Gasteiger partial charge in [0, 0.05) is 11.6 Å². The molecule has 30 heavy (non-hydrogen) atoms. The zero-order valence-corrected chi connectivity index (χ0v) is 17.2. The summed E-state index contributed by atoms with van der Waals surface area (Å²) in [6.45, 7) is -0.411. The Morgan fingerprint density at radius 2 is 2.10 bits per heavy atom. The lowest BCUT2D eigenvalue weighted by atomic mass is 10.1. The Morgan fingerprint density at radius 1 is 1.30 bits per heavy atom. The molecule has 1 amide bonds. The van der Waals surface area contributed by atoms with Gasteiger partial charge >= 0.3 is 5.97 Å². The summed E-state index contributed by atoms with van der Waals surface area (Å²) in [5.74, 6) is 0.308. The minimum absolute atomic E-state index is 0.131. The number of carbonyl (C=O) groups excluding carboxylic acids is 1. The topological polar surface area (TPSA) is 94.5 Å². The second-order valence-corrected chi connectivity index (χ2v) is 7.79. The van der Waals surface area contributed by atoms with Gasteiger partial charge in [-0.2, -0.15) is 0 Å². The summed E-state index contributed by atoms with van der Waals surface area (Å²) < 4.78 is 21.7. The van der Waals surface area contributed by atoms with Gasteiger partial charge in [0.1, 0.15) is 0 Å². The van der Waals surface area contributed by atoms with Crippen molar-refractivity contribution in [2.75, 3.05) is 25.4 Å². The third-order valence-corrected chi connectivity index (χ3v) is 5.57. The highest BCUT2D eigenvalue weighted by atomic mass is 32.2. The van der Waals surface area contributed by atoms with Crippen LogP contribution in [0.3, 0.4) is 0 Å². The number of para-hydroxylation sites is 1. The number of ether oxygens (including phenoxy) is 4. The van der Waals surface area contributed by atoms with Crippen LogP contribution in [0.2, 0.25) is 0 Å². The lowest BCUT2D eigenvalue weighted by molar-refractivity contribution is -0.139. The first-order valence-corrected chi connectivity index (χ1v) is 9.89. The van der Waals surface area contributed by atoms with E-state index in [2.05, 4.69) is 0 Å². The van der Waals surface area contributed by atoms with Crippen LogP contribution in [0.15, 0.2) is 41.3 Å². The number of benzene rings is 2. The van der Waals surface area contributed by atoms with Gasteiger partial charge in [0.05, 0.1) is 17.7 Å². The molecule has 2 aliphatic rings. The number of carbonyl (C=O) groups is 2. The molecule has 0 atom stereocenters. The van der Waals surface area contributed by atoms with Crippen LogP contribution in [0.4, 0.5) is 5.69 Å². The van der Waals surface area contributed by atoms with E-state index in [0.717, 1.165) is 11.8 Å². The Bertz CT molecular complexity index is 1080. The number of carboxylic acids is 1. The van der Waals surface area contributed by atoms with Gasteiger partial charge in [-0.1, -0.05) is 36.1 Å². The van der Waals surface area contributed by atoms with Gasteiger partial charge < -0.3 is 24.1 Å². The van der Waals surface area contributed by atoms with Gasteiger partial charge in [-0.15, -0.1) is 0 Å². The van der Waals surface area contributed by atoms with Gasteiger partial charge in [-0.3, -0.25) is 9.69 Å². The maximum absolute atomic E-state index is 13.1. The Labute approximate surface area is 181 Å². The number of carboxylic acid groups (broad SMARTS) is 1. The van der Waals surface area contributed by atoms with Crippen LogP contribution >= 0.6 is 24.0 Å². The van der Waals surface area contributed by atoms with E-state index in [0.29, 0.717) is 37.7 Å². The molecule has 0 bridgehead atoms. The first-order valence-electron chi connectivity index (χ1n) is 8.67. The van der Waals surface area contributed by atoms with Crippen LogP contribution in [-0.2, 0) is 9.59 Å². The summed E-state index contributed by atoms with van der Waals surface area (Å²) in [6, 6.07) is 10.2.